The number of esters is 6. The van der Waals surface area contributed by atoms with E-state index < -0.39 is 98.3 Å². The van der Waals surface area contributed by atoms with Gasteiger partial charge in [0.25, 0.3) is 0 Å². The molecular formula is C52H67NO20. The van der Waals surface area contributed by atoms with Gasteiger partial charge in [-0.2, -0.15) is 0 Å². The highest BCUT2D eigenvalue weighted by Gasteiger charge is 2.37. The molecule has 0 aliphatic heterocycles. The summed E-state index contributed by atoms with van der Waals surface area (Å²) in [5, 5.41) is 58.7. The number of amides is 1. The van der Waals surface area contributed by atoms with Crippen molar-refractivity contribution in [2.75, 3.05) is 71.9 Å². The lowest BCUT2D eigenvalue weighted by molar-refractivity contribution is -0.160. The fourth-order valence-electron chi connectivity index (χ4n) is 5.99. The van der Waals surface area contributed by atoms with Gasteiger partial charge >= 0.3 is 35.8 Å². The first-order valence-electron chi connectivity index (χ1n) is 22.9. The summed E-state index contributed by atoms with van der Waals surface area (Å²) in [6.45, 7) is 5.87. The molecule has 4 aromatic rings. The first-order valence-corrected chi connectivity index (χ1v) is 22.9. The molecular weight excluding hydrogens is 959 g/mol. The van der Waals surface area contributed by atoms with Crippen molar-refractivity contribution in [2.24, 2.45) is 11.3 Å². The van der Waals surface area contributed by atoms with Crippen molar-refractivity contribution in [3.63, 3.8) is 0 Å². The summed E-state index contributed by atoms with van der Waals surface area (Å²) < 4.78 is 34.2. The van der Waals surface area contributed by atoms with Crippen LogP contribution in [0.5, 0.6) is 11.5 Å². The fraction of sp³-hybridized carbons (Fsp3) is 0.442. The van der Waals surface area contributed by atoms with E-state index >= 15 is 0 Å². The maximum absolute atomic E-state index is 12.2. The first kappa shape index (κ1) is 62.1. The van der Waals surface area contributed by atoms with Crippen LogP contribution in [-0.2, 0) is 63.7 Å². The number of aliphatic hydroxyl groups excluding tert-OH is 6. The van der Waals surface area contributed by atoms with Crippen molar-refractivity contribution in [2.45, 2.75) is 72.0 Å². The normalized spacial score (nSPS) is 13.1. The Hall–Kier alpha value is -7.01. The molecule has 0 heterocycles. The predicted octanol–water partition coefficient (Wildman–Crippen LogP) is 2.90. The molecule has 21 heteroatoms. The quantitative estimate of drug-likeness (QED) is 0.0301. The molecule has 21 nitrogen and oxygen atoms in total. The van der Waals surface area contributed by atoms with Gasteiger partial charge in [0, 0.05) is 12.6 Å². The lowest BCUT2D eigenvalue weighted by Gasteiger charge is -2.24. The molecule has 400 valence electrons. The third kappa shape index (κ3) is 23.0. The number of benzene rings is 4. The van der Waals surface area contributed by atoms with Crippen molar-refractivity contribution < 1.29 is 97.4 Å². The average molecular weight is 1030 g/mol. The molecule has 0 saturated heterocycles. The van der Waals surface area contributed by atoms with E-state index in [9.17, 15) is 48.9 Å². The topological polar surface area (TPSA) is 318 Å². The molecule has 0 aromatic heterocycles. The molecule has 4 aromatic carbocycles. The summed E-state index contributed by atoms with van der Waals surface area (Å²) in [6, 6.07) is 25.2. The van der Waals surface area contributed by atoms with E-state index in [1.807, 2.05) is 60.7 Å². The third-order valence-electron chi connectivity index (χ3n) is 10.3. The zero-order valence-corrected chi connectivity index (χ0v) is 41.9. The number of carbonyl (C=O) groups is 7. The molecule has 73 heavy (non-hydrogen) atoms. The van der Waals surface area contributed by atoms with E-state index in [1.54, 1.807) is 33.1 Å². The van der Waals surface area contributed by atoms with Crippen LogP contribution in [0, 0.1) is 11.3 Å². The molecule has 0 radical (unpaired) electrons. The third-order valence-corrected chi connectivity index (χ3v) is 10.3. The van der Waals surface area contributed by atoms with E-state index in [0.29, 0.717) is 11.6 Å². The molecule has 1 amide bonds. The van der Waals surface area contributed by atoms with Crippen LogP contribution in [0.2, 0.25) is 0 Å². The van der Waals surface area contributed by atoms with E-state index in [2.05, 4.69) is 33.4 Å². The maximum atomic E-state index is 12.2. The first-order chi connectivity index (χ1) is 34.6. The number of anilines is 1. The summed E-state index contributed by atoms with van der Waals surface area (Å²) in [4.78, 5) is 79.7. The SMILES string of the molecule is CC(=O)Nc1ccc(OC(=O)C(C)(CO)COC(=O)CO)cc1.CC(C)Cc1ccc(C(C)C(=O)OCC(O)COC(=O)CO)cc1.COc1ccc2cc([C@H](C)C(=O)OCC(O)COC(=O)CO)ccc2c1. The molecule has 0 bridgehead atoms. The average Bonchev–Trinajstić information content (AvgIpc) is 3.39. The number of aliphatic hydroxyl groups is 6. The zero-order valence-electron chi connectivity index (χ0n) is 41.9. The number of methoxy groups -OCH3 is 1. The highest BCUT2D eigenvalue weighted by atomic mass is 16.6. The number of carbonyl (C=O) groups excluding carboxylic acids is 7. The molecule has 0 aliphatic rings. The molecule has 4 unspecified atom stereocenters. The number of ether oxygens (including phenoxy) is 7. The second-order valence-corrected chi connectivity index (χ2v) is 17.1. The fourth-order valence-corrected chi connectivity index (χ4v) is 5.99. The van der Waals surface area contributed by atoms with Crippen molar-refractivity contribution in [3.05, 3.63) is 102 Å². The number of fused-ring (bicyclic) bond motifs is 1. The van der Waals surface area contributed by atoms with Crippen LogP contribution in [0.3, 0.4) is 0 Å². The number of nitrogens with one attached hydrogen (secondary N) is 1. The maximum Gasteiger partial charge on any atom is 0.331 e. The second-order valence-electron chi connectivity index (χ2n) is 17.1. The Morgan fingerprint density at radius 3 is 1.51 bits per heavy atom. The van der Waals surface area contributed by atoms with Gasteiger partial charge in [0.05, 0.1) is 25.6 Å². The summed E-state index contributed by atoms with van der Waals surface area (Å²) in [5.41, 5.74) is 1.93. The molecule has 0 aliphatic carbocycles. The smallest absolute Gasteiger partial charge is 0.331 e. The van der Waals surface area contributed by atoms with Crippen LogP contribution >= 0.6 is 0 Å². The highest BCUT2D eigenvalue weighted by Crippen LogP contribution is 2.27. The Bertz CT molecular complexity index is 2390. The van der Waals surface area contributed by atoms with E-state index in [-0.39, 0.29) is 38.1 Å². The van der Waals surface area contributed by atoms with Gasteiger partial charge < -0.3 is 69.1 Å². The van der Waals surface area contributed by atoms with Crippen molar-refractivity contribution in [1.82, 2.24) is 0 Å². The Kier molecular flexibility index (Phi) is 27.3. The van der Waals surface area contributed by atoms with Crippen LogP contribution in [0.4, 0.5) is 5.69 Å². The van der Waals surface area contributed by atoms with Crippen LogP contribution in [0.1, 0.15) is 70.1 Å². The molecule has 4 rings (SSSR count). The Balaban J connectivity index is 0.000000376. The van der Waals surface area contributed by atoms with Crippen molar-refractivity contribution in [1.29, 1.82) is 0 Å². The van der Waals surface area contributed by atoms with Gasteiger partial charge in [-0.3, -0.25) is 19.2 Å². The molecule has 0 saturated carbocycles. The highest BCUT2D eigenvalue weighted by molar-refractivity contribution is 5.89. The van der Waals surface area contributed by atoms with Crippen LogP contribution in [-0.4, -0.2) is 151 Å². The minimum absolute atomic E-state index is 0.206. The summed E-state index contributed by atoms with van der Waals surface area (Å²) in [5.74, 6) is -4.01. The van der Waals surface area contributed by atoms with E-state index in [1.165, 1.54) is 31.5 Å². The summed E-state index contributed by atoms with van der Waals surface area (Å²) in [6.07, 6.45) is -1.28. The Labute approximate surface area is 422 Å². The molecule has 7 N–H and O–H groups in total. The Morgan fingerprint density at radius 1 is 0.575 bits per heavy atom. The van der Waals surface area contributed by atoms with Gasteiger partial charge in [-0.25, -0.2) is 14.4 Å². The monoisotopic (exact) mass is 1030 g/mol. The van der Waals surface area contributed by atoms with Gasteiger partial charge in [-0.05, 0) is 97.0 Å². The summed E-state index contributed by atoms with van der Waals surface area (Å²) >= 11 is 0. The van der Waals surface area contributed by atoms with Gasteiger partial charge in [-0.15, -0.1) is 0 Å². The lowest BCUT2D eigenvalue weighted by Crippen LogP contribution is -2.40. The zero-order chi connectivity index (χ0) is 54.7. The van der Waals surface area contributed by atoms with Gasteiger partial charge in [0.1, 0.15) is 82.0 Å². The number of hydrogen-bond donors (Lipinski definition) is 7. The second kappa shape index (κ2) is 32.1. The van der Waals surface area contributed by atoms with Gasteiger partial charge in [-0.1, -0.05) is 62.4 Å². The molecule has 0 spiro atoms. The molecule has 5 atom stereocenters. The summed E-state index contributed by atoms with van der Waals surface area (Å²) in [7, 11) is 1.60. The number of rotatable bonds is 24. The van der Waals surface area contributed by atoms with Crippen molar-refractivity contribution >= 4 is 58.2 Å². The van der Waals surface area contributed by atoms with Crippen LogP contribution in [0.25, 0.3) is 10.8 Å². The predicted molar refractivity (Wildman–Crippen MR) is 262 cm³/mol. The standard InChI is InChI=1S/C19H22O7.C18H26O6.C15H19NO7/c1-12(19(23)26-11-16(21)10-25-18(22)9-20)13-3-4-15-8-17(24-2)6-5-14(15)7-13;1-12(2)8-14-4-6-15(7-5-14)13(3)18(22)24-11-16(20)10-23-17(21)9-19;1-10(19)16-11-3-5-12(6-4-11)23-14(21)15(2,8-18)9-22-13(20)7-17/h3-8,12,16,20-21H,9-11H2,1-2H3;4-7,12-13,16,19-20H,8-11H2,1-3H3;3-6,17-18H,7-9H2,1-2H3,(H,16,19)/t12-,16?;;/m0../s1. The lowest BCUT2D eigenvalue weighted by atomic mass is 9.93. The van der Waals surface area contributed by atoms with Gasteiger partial charge in [0.2, 0.25) is 5.91 Å². The van der Waals surface area contributed by atoms with E-state index in [4.69, 9.17) is 34.3 Å². The van der Waals surface area contributed by atoms with Crippen LogP contribution < -0.4 is 14.8 Å². The van der Waals surface area contributed by atoms with Crippen molar-refractivity contribution in [3.8, 4) is 11.5 Å². The minimum Gasteiger partial charge on any atom is -0.497 e. The number of hydrogen-bond acceptors (Lipinski definition) is 20. The van der Waals surface area contributed by atoms with E-state index in [0.717, 1.165) is 34.1 Å². The minimum atomic E-state index is -1.46. The Morgan fingerprint density at radius 2 is 1.03 bits per heavy atom. The van der Waals surface area contributed by atoms with Crippen LogP contribution in [0.15, 0.2) is 84.9 Å². The largest absolute Gasteiger partial charge is 0.497 e. The van der Waals surface area contributed by atoms with Gasteiger partial charge in [0.15, 0.2) is 0 Å². The molecule has 0 fully saturated rings.